The fourth-order valence-corrected chi connectivity index (χ4v) is 2.96. The molecular formula is C16H22N4O3. The third kappa shape index (κ3) is 3.20. The van der Waals surface area contributed by atoms with E-state index < -0.39 is 11.6 Å². The van der Waals surface area contributed by atoms with Crippen LogP contribution in [-0.2, 0) is 14.3 Å². The number of esters is 1. The van der Waals surface area contributed by atoms with Gasteiger partial charge in [0.25, 0.3) is 0 Å². The van der Waals surface area contributed by atoms with Crippen LogP contribution in [0.4, 0.5) is 5.69 Å². The molecule has 7 nitrogen and oxygen atoms in total. The quantitative estimate of drug-likeness (QED) is 0.794. The maximum atomic E-state index is 12.7. The largest absolute Gasteiger partial charge is 0.459 e. The fourth-order valence-electron chi connectivity index (χ4n) is 2.96. The number of anilines is 1. The van der Waals surface area contributed by atoms with Crippen molar-refractivity contribution in [2.24, 2.45) is 0 Å². The van der Waals surface area contributed by atoms with Gasteiger partial charge in [0, 0.05) is 19.3 Å². The Labute approximate surface area is 135 Å². The van der Waals surface area contributed by atoms with Crippen LogP contribution in [0, 0.1) is 0 Å². The molecule has 2 atom stereocenters. The van der Waals surface area contributed by atoms with E-state index in [0.29, 0.717) is 19.8 Å². The van der Waals surface area contributed by atoms with Crippen LogP contribution < -0.4 is 10.2 Å². The maximum absolute atomic E-state index is 12.7. The normalized spacial score (nSPS) is 25.3. The molecule has 2 fully saturated rings. The minimum atomic E-state index is -0.545. The molecule has 0 aliphatic carbocycles. The predicted octanol–water partition coefficient (Wildman–Crippen LogP) is 0.370. The Hall–Kier alpha value is -1.99. The van der Waals surface area contributed by atoms with Crippen molar-refractivity contribution in [3.63, 3.8) is 0 Å². The molecule has 1 aromatic rings. The maximum Gasteiger partial charge on any atom is 0.325 e. The van der Waals surface area contributed by atoms with Crippen molar-refractivity contribution in [1.82, 2.24) is 15.2 Å². The highest BCUT2D eigenvalue weighted by atomic mass is 16.6. The lowest BCUT2D eigenvalue weighted by Crippen LogP contribution is -2.60. The zero-order chi connectivity index (χ0) is 16.6. The van der Waals surface area contributed by atoms with Crippen molar-refractivity contribution in [3.05, 3.63) is 24.5 Å². The summed E-state index contributed by atoms with van der Waals surface area (Å²) < 4.78 is 5.50. The first-order valence-electron chi connectivity index (χ1n) is 7.77. The molecule has 7 heteroatoms. The average Bonchev–Trinajstić information content (AvgIpc) is 2.84. The Balaban J connectivity index is 1.80. The van der Waals surface area contributed by atoms with E-state index in [1.54, 1.807) is 23.4 Å². The molecule has 0 bridgehead atoms. The Kier molecular flexibility index (Phi) is 4.08. The molecule has 0 aromatic carbocycles. The monoisotopic (exact) mass is 318 g/mol. The lowest BCUT2D eigenvalue weighted by Gasteiger charge is -2.35. The summed E-state index contributed by atoms with van der Waals surface area (Å²) in [6.07, 6.45) is 3.33. The highest BCUT2D eigenvalue weighted by molar-refractivity contribution is 6.00. The van der Waals surface area contributed by atoms with E-state index in [0.717, 1.165) is 5.69 Å². The number of nitrogens with zero attached hydrogens (tertiary/aromatic N) is 3. The van der Waals surface area contributed by atoms with Crippen LogP contribution in [0.1, 0.15) is 20.8 Å². The molecule has 0 spiro atoms. The summed E-state index contributed by atoms with van der Waals surface area (Å²) in [5.74, 6) is -0.311. The molecule has 124 valence electrons. The van der Waals surface area contributed by atoms with E-state index in [4.69, 9.17) is 4.74 Å². The van der Waals surface area contributed by atoms with Gasteiger partial charge in [0.1, 0.15) is 17.7 Å². The number of carbonyl (C=O) groups excluding carboxylic acids is 2. The number of aromatic nitrogens is 1. The smallest absolute Gasteiger partial charge is 0.325 e. The third-order valence-electron chi connectivity index (χ3n) is 3.97. The van der Waals surface area contributed by atoms with Crippen LogP contribution in [0.2, 0.25) is 0 Å². The van der Waals surface area contributed by atoms with Gasteiger partial charge in [0.2, 0.25) is 5.91 Å². The number of nitrogens with one attached hydrogen (secondary N) is 1. The molecule has 1 aromatic heterocycles. The first kappa shape index (κ1) is 15.9. The Bertz CT molecular complexity index is 599. The van der Waals surface area contributed by atoms with Crippen LogP contribution >= 0.6 is 0 Å². The SMILES string of the molecule is CC(C)(C)OC(=O)C1CNCC2C(=O)N(c3cccnc3)CN12. The second-order valence-electron chi connectivity index (χ2n) is 6.86. The summed E-state index contributed by atoms with van der Waals surface area (Å²) >= 11 is 0. The molecule has 0 radical (unpaired) electrons. The van der Waals surface area contributed by atoms with Crippen molar-refractivity contribution in [3.8, 4) is 0 Å². The van der Waals surface area contributed by atoms with Gasteiger partial charge in [0.15, 0.2) is 0 Å². The minimum absolute atomic E-state index is 0.0150. The molecule has 3 rings (SSSR count). The van der Waals surface area contributed by atoms with E-state index >= 15 is 0 Å². The van der Waals surface area contributed by atoms with Crippen molar-refractivity contribution in [1.29, 1.82) is 0 Å². The van der Waals surface area contributed by atoms with Crippen molar-refractivity contribution in [2.45, 2.75) is 38.5 Å². The number of carbonyl (C=O) groups is 2. The van der Waals surface area contributed by atoms with Crippen molar-refractivity contribution < 1.29 is 14.3 Å². The van der Waals surface area contributed by atoms with Gasteiger partial charge in [-0.25, -0.2) is 0 Å². The number of hydrogen-bond donors (Lipinski definition) is 1. The third-order valence-corrected chi connectivity index (χ3v) is 3.97. The Morgan fingerprint density at radius 2 is 2.17 bits per heavy atom. The van der Waals surface area contributed by atoms with Crippen LogP contribution in [0.25, 0.3) is 0 Å². The zero-order valence-electron chi connectivity index (χ0n) is 13.7. The summed E-state index contributed by atoms with van der Waals surface area (Å²) in [4.78, 5) is 32.8. The first-order chi connectivity index (χ1) is 10.9. The highest BCUT2D eigenvalue weighted by Crippen LogP contribution is 2.26. The number of fused-ring (bicyclic) bond motifs is 1. The number of piperazine rings is 1. The van der Waals surface area contributed by atoms with Gasteiger partial charge in [-0.3, -0.25) is 24.4 Å². The Morgan fingerprint density at radius 3 is 2.83 bits per heavy atom. The van der Waals surface area contributed by atoms with E-state index in [-0.39, 0.29) is 17.9 Å². The number of amides is 1. The van der Waals surface area contributed by atoms with Gasteiger partial charge >= 0.3 is 5.97 Å². The van der Waals surface area contributed by atoms with Crippen LogP contribution in [0.3, 0.4) is 0 Å². The van der Waals surface area contributed by atoms with Crippen LogP contribution in [0.15, 0.2) is 24.5 Å². The summed E-state index contributed by atoms with van der Waals surface area (Å²) in [5, 5.41) is 3.17. The summed E-state index contributed by atoms with van der Waals surface area (Å²) in [6.45, 7) is 6.93. The second-order valence-corrected chi connectivity index (χ2v) is 6.86. The van der Waals surface area contributed by atoms with Crippen molar-refractivity contribution in [2.75, 3.05) is 24.7 Å². The van der Waals surface area contributed by atoms with E-state index in [9.17, 15) is 9.59 Å². The average molecular weight is 318 g/mol. The van der Waals surface area contributed by atoms with E-state index in [1.807, 2.05) is 31.7 Å². The van der Waals surface area contributed by atoms with Gasteiger partial charge in [-0.1, -0.05) is 0 Å². The fraction of sp³-hybridized carbons (Fsp3) is 0.562. The molecule has 2 aliphatic rings. The van der Waals surface area contributed by atoms with Gasteiger partial charge in [0.05, 0.1) is 18.6 Å². The van der Waals surface area contributed by atoms with Gasteiger partial charge < -0.3 is 10.1 Å². The highest BCUT2D eigenvalue weighted by Gasteiger charge is 2.47. The molecular weight excluding hydrogens is 296 g/mol. The lowest BCUT2D eigenvalue weighted by atomic mass is 10.1. The molecule has 2 unspecified atom stereocenters. The van der Waals surface area contributed by atoms with Crippen LogP contribution in [0.5, 0.6) is 0 Å². The molecule has 2 aliphatic heterocycles. The molecule has 1 amide bonds. The lowest BCUT2D eigenvalue weighted by molar-refractivity contribution is -0.162. The molecule has 1 N–H and O–H groups in total. The van der Waals surface area contributed by atoms with Gasteiger partial charge in [-0.2, -0.15) is 0 Å². The first-order valence-corrected chi connectivity index (χ1v) is 7.77. The Morgan fingerprint density at radius 1 is 1.39 bits per heavy atom. The van der Waals surface area contributed by atoms with Crippen LogP contribution in [-0.4, -0.2) is 59.2 Å². The second kappa shape index (κ2) is 5.90. The molecule has 23 heavy (non-hydrogen) atoms. The summed E-state index contributed by atoms with van der Waals surface area (Å²) in [6, 6.07) is 2.84. The summed E-state index contributed by atoms with van der Waals surface area (Å²) in [7, 11) is 0. The van der Waals surface area contributed by atoms with E-state index in [1.165, 1.54) is 0 Å². The predicted molar refractivity (Wildman–Crippen MR) is 84.7 cm³/mol. The standard InChI is InChI=1S/C16H22N4O3/c1-16(2,3)23-15(22)13-9-18-8-12-14(21)19(10-20(12)13)11-5-4-6-17-7-11/h4-7,12-13,18H,8-10H2,1-3H3. The van der Waals surface area contributed by atoms with E-state index in [2.05, 4.69) is 10.3 Å². The summed E-state index contributed by atoms with van der Waals surface area (Å²) in [5.41, 5.74) is 0.200. The number of rotatable bonds is 2. The zero-order valence-corrected chi connectivity index (χ0v) is 13.7. The molecule has 3 heterocycles. The van der Waals surface area contributed by atoms with Crippen molar-refractivity contribution >= 4 is 17.6 Å². The topological polar surface area (TPSA) is 74.8 Å². The number of pyridine rings is 1. The minimum Gasteiger partial charge on any atom is -0.459 e. The molecule has 0 saturated carbocycles. The number of ether oxygens (including phenoxy) is 1. The van der Waals surface area contributed by atoms with Gasteiger partial charge in [-0.05, 0) is 32.9 Å². The number of hydrogen-bond acceptors (Lipinski definition) is 6. The molecule has 2 saturated heterocycles. The van der Waals surface area contributed by atoms with Gasteiger partial charge in [-0.15, -0.1) is 0 Å².